The Labute approximate surface area is 105 Å². The van der Waals surface area contributed by atoms with Crippen molar-refractivity contribution in [1.82, 2.24) is 0 Å². The number of hydrogen-bond donors (Lipinski definition) is 0. The standard InChI is InChI=1S/C16H24O/c1-3-4-8-15-10-12-16(13-11-15)9-6-5-7-14(2)17/h10-13H,3-9H2,1-2H3. The SMILES string of the molecule is CCCCc1ccc(CCCCC(C)=O)cc1. The van der Waals surface area contributed by atoms with E-state index in [1.807, 2.05) is 0 Å². The summed E-state index contributed by atoms with van der Waals surface area (Å²) in [6, 6.07) is 8.96. The van der Waals surface area contributed by atoms with Crippen LogP contribution < -0.4 is 0 Å². The van der Waals surface area contributed by atoms with Gasteiger partial charge in [0.2, 0.25) is 0 Å². The number of benzene rings is 1. The molecular weight excluding hydrogens is 208 g/mol. The molecule has 0 spiro atoms. The molecule has 0 amide bonds. The molecule has 0 N–H and O–H groups in total. The first kappa shape index (κ1) is 14.0. The summed E-state index contributed by atoms with van der Waals surface area (Å²) in [5, 5.41) is 0. The van der Waals surface area contributed by atoms with E-state index < -0.39 is 0 Å². The summed E-state index contributed by atoms with van der Waals surface area (Å²) in [6.45, 7) is 3.89. The van der Waals surface area contributed by atoms with Crippen LogP contribution in [0.2, 0.25) is 0 Å². The minimum atomic E-state index is 0.305. The third kappa shape index (κ3) is 6.25. The van der Waals surface area contributed by atoms with E-state index in [1.165, 1.54) is 30.4 Å². The van der Waals surface area contributed by atoms with Crippen molar-refractivity contribution >= 4 is 5.78 Å². The van der Waals surface area contributed by atoms with Gasteiger partial charge in [-0.3, -0.25) is 0 Å². The molecular formula is C16H24O. The predicted octanol–water partition coefficient (Wildman–Crippen LogP) is 4.33. The van der Waals surface area contributed by atoms with Crippen molar-refractivity contribution in [2.24, 2.45) is 0 Å². The first-order chi connectivity index (χ1) is 8.22. The van der Waals surface area contributed by atoms with Crippen molar-refractivity contribution in [3.05, 3.63) is 35.4 Å². The van der Waals surface area contributed by atoms with Crippen LogP contribution >= 0.6 is 0 Å². The number of hydrogen-bond acceptors (Lipinski definition) is 1. The number of carbonyl (C=O) groups excluding carboxylic acids is 1. The lowest BCUT2D eigenvalue weighted by Crippen LogP contribution is -1.92. The highest BCUT2D eigenvalue weighted by atomic mass is 16.1. The van der Waals surface area contributed by atoms with Crippen molar-refractivity contribution in [2.45, 2.75) is 58.8 Å². The Hall–Kier alpha value is -1.11. The van der Waals surface area contributed by atoms with Crippen LogP contribution in [0.15, 0.2) is 24.3 Å². The summed E-state index contributed by atoms with van der Waals surface area (Å²) in [5.41, 5.74) is 2.84. The summed E-state index contributed by atoms with van der Waals surface area (Å²) in [5.74, 6) is 0.305. The number of Topliss-reactive ketones (excluding diaryl/α,β-unsaturated/α-hetero) is 1. The van der Waals surface area contributed by atoms with E-state index in [0.29, 0.717) is 5.78 Å². The van der Waals surface area contributed by atoms with Crippen molar-refractivity contribution in [3.8, 4) is 0 Å². The van der Waals surface area contributed by atoms with Crippen LogP contribution in [0.1, 0.15) is 57.1 Å². The normalized spacial score (nSPS) is 10.5. The molecule has 1 nitrogen and oxygen atoms in total. The van der Waals surface area contributed by atoms with Crippen LogP contribution in [-0.2, 0) is 17.6 Å². The quantitative estimate of drug-likeness (QED) is 0.610. The third-order valence-electron chi connectivity index (χ3n) is 3.09. The van der Waals surface area contributed by atoms with Gasteiger partial charge in [0.25, 0.3) is 0 Å². The molecule has 0 fully saturated rings. The average Bonchev–Trinajstić information content (AvgIpc) is 2.33. The molecule has 0 saturated carbocycles. The lowest BCUT2D eigenvalue weighted by Gasteiger charge is -2.03. The zero-order chi connectivity index (χ0) is 12.5. The maximum Gasteiger partial charge on any atom is 0.129 e. The van der Waals surface area contributed by atoms with Gasteiger partial charge in [0, 0.05) is 6.42 Å². The first-order valence-corrected chi connectivity index (χ1v) is 6.79. The molecule has 0 aromatic heterocycles. The Morgan fingerprint density at radius 1 is 0.941 bits per heavy atom. The number of carbonyl (C=O) groups is 1. The highest BCUT2D eigenvalue weighted by Crippen LogP contribution is 2.11. The van der Waals surface area contributed by atoms with Gasteiger partial charge in [0.15, 0.2) is 0 Å². The van der Waals surface area contributed by atoms with Crippen LogP contribution in [-0.4, -0.2) is 5.78 Å². The van der Waals surface area contributed by atoms with Gasteiger partial charge >= 0.3 is 0 Å². The summed E-state index contributed by atoms with van der Waals surface area (Å²) < 4.78 is 0. The lowest BCUT2D eigenvalue weighted by molar-refractivity contribution is -0.117. The highest BCUT2D eigenvalue weighted by molar-refractivity contribution is 5.75. The molecule has 0 aliphatic rings. The number of ketones is 1. The van der Waals surface area contributed by atoms with Crippen LogP contribution in [0.25, 0.3) is 0 Å². The Morgan fingerprint density at radius 3 is 1.94 bits per heavy atom. The second kappa shape index (κ2) is 8.05. The summed E-state index contributed by atoms with van der Waals surface area (Å²) >= 11 is 0. The lowest BCUT2D eigenvalue weighted by atomic mass is 10.0. The van der Waals surface area contributed by atoms with E-state index in [4.69, 9.17) is 0 Å². The number of unbranched alkanes of at least 4 members (excludes halogenated alkanes) is 2. The van der Waals surface area contributed by atoms with Crippen molar-refractivity contribution in [2.75, 3.05) is 0 Å². The number of aryl methyl sites for hydroxylation is 2. The molecule has 94 valence electrons. The van der Waals surface area contributed by atoms with Gasteiger partial charge in [-0.25, -0.2) is 0 Å². The summed E-state index contributed by atoms with van der Waals surface area (Å²) in [7, 11) is 0. The van der Waals surface area contributed by atoms with Gasteiger partial charge < -0.3 is 4.79 Å². The molecule has 0 aliphatic heterocycles. The van der Waals surface area contributed by atoms with E-state index in [1.54, 1.807) is 6.92 Å². The Morgan fingerprint density at radius 2 is 1.47 bits per heavy atom. The van der Waals surface area contributed by atoms with E-state index in [2.05, 4.69) is 31.2 Å². The predicted molar refractivity (Wildman–Crippen MR) is 73.3 cm³/mol. The maximum absolute atomic E-state index is 10.8. The smallest absolute Gasteiger partial charge is 0.129 e. The summed E-state index contributed by atoms with van der Waals surface area (Å²) in [6.07, 6.45) is 7.70. The van der Waals surface area contributed by atoms with Crippen molar-refractivity contribution in [1.29, 1.82) is 0 Å². The van der Waals surface area contributed by atoms with E-state index in [9.17, 15) is 4.79 Å². The van der Waals surface area contributed by atoms with E-state index in [0.717, 1.165) is 25.7 Å². The molecule has 0 unspecified atom stereocenters. The van der Waals surface area contributed by atoms with Gasteiger partial charge in [-0.2, -0.15) is 0 Å². The summed E-state index contributed by atoms with van der Waals surface area (Å²) in [4.78, 5) is 10.8. The first-order valence-electron chi connectivity index (χ1n) is 6.79. The van der Waals surface area contributed by atoms with Crippen LogP contribution in [0.3, 0.4) is 0 Å². The van der Waals surface area contributed by atoms with Gasteiger partial charge in [0.1, 0.15) is 5.78 Å². The Kier molecular flexibility index (Phi) is 6.61. The number of rotatable bonds is 8. The Balaban J connectivity index is 2.27. The van der Waals surface area contributed by atoms with Crippen molar-refractivity contribution < 1.29 is 4.79 Å². The molecule has 0 bridgehead atoms. The van der Waals surface area contributed by atoms with Crippen LogP contribution in [0, 0.1) is 0 Å². The van der Waals surface area contributed by atoms with Gasteiger partial charge in [-0.1, -0.05) is 37.6 Å². The van der Waals surface area contributed by atoms with Gasteiger partial charge in [-0.15, -0.1) is 0 Å². The fourth-order valence-electron chi connectivity index (χ4n) is 1.96. The molecule has 17 heavy (non-hydrogen) atoms. The second-order valence-corrected chi connectivity index (χ2v) is 4.83. The van der Waals surface area contributed by atoms with Crippen molar-refractivity contribution in [3.63, 3.8) is 0 Å². The van der Waals surface area contributed by atoms with E-state index in [-0.39, 0.29) is 0 Å². The third-order valence-corrected chi connectivity index (χ3v) is 3.09. The van der Waals surface area contributed by atoms with E-state index >= 15 is 0 Å². The fraction of sp³-hybridized carbons (Fsp3) is 0.562. The molecule has 1 aromatic rings. The minimum absolute atomic E-state index is 0.305. The zero-order valence-corrected chi connectivity index (χ0v) is 11.2. The molecule has 1 aromatic carbocycles. The van der Waals surface area contributed by atoms with Gasteiger partial charge in [0.05, 0.1) is 0 Å². The largest absolute Gasteiger partial charge is 0.300 e. The van der Waals surface area contributed by atoms with Crippen LogP contribution in [0.5, 0.6) is 0 Å². The molecule has 0 aliphatic carbocycles. The molecule has 0 heterocycles. The fourth-order valence-corrected chi connectivity index (χ4v) is 1.96. The maximum atomic E-state index is 10.8. The zero-order valence-electron chi connectivity index (χ0n) is 11.2. The molecule has 1 rings (SSSR count). The Bertz CT molecular complexity index is 324. The second-order valence-electron chi connectivity index (χ2n) is 4.83. The highest BCUT2D eigenvalue weighted by Gasteiger charge is 1.97. The molecule has 0 atom stereocenters. The average molecular weight is 232 g/mol. The minimum Gasteiger partial charge on any atom is -0.300 e. The molecule has 0 radical (unpaired) electrons. The van der Waals surface area contributed by atoms with Gasteiger partial charge in [-0.05, 0) is 50.2 Å². The topological polar surface area (TPSA) is 17.1 Å². The monoisotopic (exact) mass is 232 g/mol. The molecule has 1 heteroatoms. The molecule has 0 saturated heterocycles. The van der Waals surface area contributed by atoms with Crippen LogP contribution in [0.4, 0.5) is 0 Å².